The topological polar surface area (TPSA) is 24.5 Å². The van der Waals surface area contributed by atoms with Gasteiger partial charge in [-0.15, -0.1) is 0 Å². The molecule has 1 N–H and O–H groups in total. The van der Waals surface area contributed by atoms with Gasteiger partial charge in [0.25, 0.3) is 0 Å². The standard InChI is InChI=1S/C13H21F3N2O/c1-2-17-12-9-19-8-10(12)7-18-5-3-11(4-6-18)13(14,15)16/h3,10,12,17H,2,4-9H2,1H3. The second-order valence-corrected chi connectivity index (χ2v) is 5.20. The first-order chi connectivity index (χ1) is 9.00. The van der Waals surface area contributed by atoms with Crippen molar-refractivity contribution in [1.29, 1.82) is 0 Å². The van der Waals surface area contributed by atoms with Crippen LogP contribution in [0.1, 0.15) is 13.3 Å². The molecule has 2 aliphatic heterocycles. The molecule has 0 saturated carbocycles. The quantitative estimate of drug-likeness (QED) is 0.794. The minimum atomic E-state index is -4.16. The van der Waals surface area contributed by atoms with Crippen LogP contribution in [0.3, 0.4) is 0 Å². The smallest absolute Gasteiger partial charge is 0.379 e. The number of ether oxygens (including phenoxy) is 1. The molecule has 2 aliphatic rings. The van der Waals surface area contributed by atoms with Crippen LogP contribution in [0.2, 0.25) is 0 Å². The molecule has 19 heavy (non-hydrogen) atoms. The van der Waals surface area contributed by atoms with Gasteiger partial charge < -0.3 is 10.1 Å². The third-order valence-corrected chi connectivity index (χ3v) is 3.81. The van der Waals surface area contributed by atoms with Gasteiger partial charge in [0.05, 0.1) is 13.2 Å². The summed E-state index contributed by atoms with van der Waals surface area (Å²) in [5, 5.41) is 3.37. The van der Waals surface area contributed by atoms with Crippen molar-refractivity contribution in [2.45, 2.75) is 25.6 Å². The fraction of sp³-hybridized carbons (Fsp3) is 0.846. The normalized spacial score (nSPS) is 29.6. The van der Waals surface area contributed by atoms with Crippen molar-refractivity contribution < 1.29 is 17.9 Å². The molecule has 1 saturated heterocycles. The largest absolute Gasteiger partial charge is 0.412 e. The Hall–Kier alpha value is -0.590. The van der Waals surface area contributed by atoms with Crippen LogP contribution in [0.5, 0.6) is 0 Å². The number of alkyl halides is 3. The molecule has 0 spiro atoms. The van der Waals surface area contributed by atoms with Crippen molar-refractivity contribution in [3.05, 3.63) is 11.6 Å². The number of hydrogen-bond acceptors (Lipinski definition) is 3. The van der Waals surface area contributed by atoms with Gasteiger partial charge in [-0.25, -0.2) is 0 Å². The molecule has 0 bridgehead atoms. The van der Waals surface area contributed by atoms with Crippen LogP contribution in [0.25, 0.3) is 0 Å². The van der Waals surface area contributed by atoms with E-state index in [1.54, 1.807) is 0 Å². The van der Waals surface area contributed by atoms with Crippen molar-refractivity contribution in [1.82, 2.24) is 10.2 Å². The van der Waals surface area contributed by atoms with Crippen LogP contribution < -0.4 is 5.32 Å². The van der Waals surface area contributed by atoms with Gasteiger partial charge in [-0.05, 0) is 13.0 Å². The maximum atomic E-state index is 12.5. The maximum absolute atomic E-state index is 12.5. The molecule has 2 heterocycles. The van der Waals surface area contributed by atoms with E-state index in [0.29, 0.717) is 38.3 Å². The lowest BCUT2D eigenvalue weighted by Gasteiger charge is -2.30. The first kappa shape index (κ1) is 14.8. The molecule has 0 aromatic rings. The molecule has 0 radical (unpaired) electrons. The minimum absolute atomic E-state index is 0.100. The number of rotatable bonds is 4. The van der Waals surface area contributed by atoms with E-state index in [9.17, 15) is 13.2 Å². The number of nitrogens with zero attached hydrogens (tertiary/aromatic N) is 1. The zero-order valence-electron chi connectivity index (χ0n) is 11.2. The molecule has 1 fully saturated rings. The average Bonchev–Trinajstić information content (AvgIpc) is 2.77. The summed E-state index contributed by atoms with van der Waals surface area (Å²) in [7, 11) is 0. The summed E-state index contributed by atoms with van der Waals surface area (Å²) in [6.07, 6.45) is -2.74. The second kappa shape index (κ2) is 6.24. The zero-order valence-corrected chi connectivity index (χ0v) is 11.2. The number of hydrogen-bond donors (Lipinski definition) is 1. The molecule has 0 aromatic carbocycles. The van der Waals surface area contributed by atoms with Crippen LogP contribution in [-0.2, 0) is 4.74 Å². The monoisotopic (exact) mass is 278 g/mol. The fourth-order valence-corrected chi connectivity index (χ4v) is 2.73. The average molecular weight is 278 g/mol. The summed E-state index contributed by atoms with van der Waals surface area (Å²) in [5.74, 6) is 0.376. The van der Waals surface area contributed by atoms with E-state index in [1.165, 1.54) is 6.08 Å². The highest BCUT2D eigenvalue weighted by atomic mass is 19.4. The lowest BCUT2D eigenvalue weighted by atomic mass is 10.0. The van der Waals surface area contributed by atoms with Crippen LogP contribution in [-0.4, -0.2) is 56.5 Å². The van der Waals surface area contributed by atoms with Crippen molar-refractivity contribution >= 4 is 0 Å². The zero-order chi connectivity index (χ0) is 13.9. The van der Waals surface area contributed by atoms with Gasteiger partial charge in [0.15, 0.2) is 0 Å². The third kappa shape index (κ3) is 3.94. The molecule has 2 rings (SSSR count). The highest BCUT2D eigenvalue weighted by Crippen LogP contribution is 2.30. The molecule has 0 aliphatic carbocycles. The molecule has 3 nitrogen and oxygen atoms in total. The predicted molar refractivity (Wildman–Crippen MR) is 67.0 cm³/mol. The van der Waals surface area contributed by atoms with E-state index in [1.807, 2.05) is 0 Å². The number of nitrogens with one attached hydrogen (secondary N) is 1. The first-order valence-electron chi connectivity index (χ1n) is 6.80. The molecule has 0 aromatic heterocycles. The molecule has 2 atom stereocenters. The Morgan fingerprint density at radius 2 is 2.21 bits per heavy atom. The van der Waals surface area contributed by atoms with E-state index < -0.39 is 6.18 Å². The summed E-state index contributed by atoms with van der Waals surface area (Å²) in [6, 6.07) is 0.331. The van der Waals surface area contributed by atoms with Gasteiger partial charge in [-0.2, -0.15) is 13.2 Å². The third-order valence-electron chi connectivity index (χ3n) is 3.81. The number of halogens is 3. The van der Waals surface area contributed by atoms with Crippen LogP contribution in [0, 0.1) is 5.92 Å². The Bertz CT molecular complexity index is 330. The van der Waals surface area contributed by atoms with Crippen molar-refractivity contribution in [3.8, 4) is 0 Å². The van der Waals surface area contributed by atoms with Crippen LogP contribution in [0.15, 0.2) is 11.6 Å². The highest BCUT2D eigenvalue weighted by Gasteiger charge is 2.36. The Labute approximate surface area is 111 Å². The lowest BCUT2D eigenvalue weighted by molar-refractivity contribution is -0.0961. The van der Waals surface area contributed by atoms with E-state index in [4.69, 9.17) is 4.74 Å². The fourth-order valence-electron chi connectivity index (χ4n) is 2.73. The maximum Gasteiger partial charge on any atom is 0.412 e. The summed E-state index contributed by atoms with van der Waals surface area (Å²) in [4.78, 5) is 2.08. The molecular formula is C13H21F3N2O. The number of likely N-dealkylation sites (N-methyl/N-ethyl adjacent to an activating group) is 1. The highest BCUT2D eigenvalue weighted by molar-refractivity contribution is 5.13. The van der Waals surface area contributed by atoms with Crippen LogP contribution >= 0.6 is 0 Å². The van der Waals surface area contributed by atoms with Crippen molar-refractivity contribution in [2.75, 3.05) is 39.4 Å². The van der Waals surface area contributed by atoms with E-state index >= 15 is 0 Å². The SMILES string of the molecule is CCNC1COCC1CN1CC=C(C(F)(F)F)CC1. The summed E-state index contributed by atoms with van der Waals surface area (Å²) in [6.45, 7) is 6.03. The second-order valence-electron chi connectivity index (χ2n) is 5.20. The summed E-state index contributed by atoms with van der Waals surface area (Å²) in [5.41, 5.74) is -0.380. The Morgan fingerprint density at radius 1 is 1.42 bits per heavy atom. The first-order valence-corrected chi connectivity index (χ1v) is 6.80. The Morgan fingerprint density at radius 3 is 2.79 bits per heavy atom. The van der Waals surface area contributed by atoms with Gasteiger partial charge in [-0.1, -0.05) is 13.0 Å². The predicted octanol–water partition coefficient (Wildman–Crippen LogP) is 1.81. The molecule has 0 amide bonds. The Balaban J connectivity index is 1.84. The van der Waals surface area contributed by atoms with Crippen LogP contribution in [0.4, 0.5) is 13.2 Å². The van der Waals surface area contributed by atoms with Gasteiger partial charge in [0.1, 0.15) is 0 Å². The van der Waals surface area contributed by atoms with E-state index in [2.05, 4.69) is 17.1 Å². The summed E-state index contributed by atoms with van der Waals surface area (Å²) >= 11 is 0. The van der Waals surface area contributed by atoms with E-state index in [-0.39, 0.29) is 12.0 Å². The molecular weight excluding hydrogens is 257 g/mol. The minimum Gasteiger partial charge on any atom is -0.379 e. The van der Waals surface area contributed by atoms with Gasteiger partial charge >= 0.3 is 6.18 Å². The van der Waals surface area contributed by atoms with Gasteiger partial charge in [-0.3, -0.25) is 4.90 Å². The Kier molecular flexibility index (Phi) is 4.86. The summed E-state index contributed by atoms with van der Waals surface area (Å²) < 4.78 is 43.0. The molecule has 110 valence electrons. The lowest BCUT2D eigenvalue weighted by Crippen LogP contribution is -2.43. The van der Waals surface area contributed by atoms with Gasteiger partial charge in [0, 0.05) is 37.2 Å². The van der Waals surface area contributed by atoms with Crippen molar-refractivity contribution in [3.63, 3.8) is 0 Å². The molecule has 6 heteroatoms. The molecule has 2 unspecified atom stereocenters. The van der Waals surface area contributed by atoms with E-state index in [0.717, 1.165) is 13.1 Å². The van der Waals surface area contributed by atoms with Crippen molar-refractivity contribution in [2.24, 2.45) is 5.92 Å². The van der Waals surface area contributed by atoms with Gasteiger partial charge in [0.2, 0.25) is 0 Å².